The Hall–Kier alpha value is -2.16. The minimum absolute atomic E-state index is 0.124. The zero-order valence-electron chi connectivity index (χ0n) is 11.9. The SMILES string of the molecule is CCOc1ccc(O)c(OCc2ccc(CC)cc2)c1. The number of benzene rings is 2. The summed E-state index contributed by atoms with van der Waals surface area (Å²) in [5.41, 5.74) is 2.37. The normalized spacial score (nSPS) is 10.3. The highest BCUT2D eigenvalue weighted by molar-refractivity contribution is 5.44. The molecular weight excluding hydrogens is 252 g/mol. The molecule has 0 radical (unpaired) electrons. The van der Waals surface area contributed by atoms with E-state index in [-0.39, 0.29) is 5.75 Å². The molecule has 3 heteroatoms. The van der Waals surface area contributed by atoms with Crippen molar-refractivity contribution in [1.82, 2.24) is 0 Å². The number of phenols is 1. The molecule has 106 valence electrons. The molecule has 0 bridgehead atoms. The van der Waals surface area contributed by atoms with Crippen LogP contribution in [0.5, 0.6) is 17.2 Å². The van der Waals surface area contributed by atoms with Crippen molar-refractivity contribution in [2.75, 3.05) is 6.61 Å². The Kier molecular flexibility index (Phi) is 4.88. The average Bonchev–Trinajstić information content (AvgIpc) is 2.48. The Bertz CT molecular complexity index is 547. The first-order valence-electron chi connectivity index (χ1n) is 6.89. The molecule has 0 heterocycles. The summed E-state index contributed by atoms with van der Waals surface area (Å²) in [6.45, 7) is 5.06. The maximum atomic E-state index is 9.78. The lowest BCUT2D eigenvalue weighted by atomic mass is 10.1. The second-order valence-electron chi connectivity index (χ2n) is 4.52. The van der Waals surface area contributed by atoms with Gasteiger partial charge in [-0.1, -0.05) is 31.2 Å². The van der Waals surface area contributed by atoms with Crippen LogP contribution in [-0.4, -0.2) is 11.7 Å². The molecule has 0 fully saturated rings. The summed E-state index contributed by atoms with van der Waals surface area (Å²) in [4.78, 5) is 0. The topological polar surface area (TPSA) is 38.7 Å². The van der Waals surface area contributed by atoms with Gasteiger partial charge in [0.05, 0.1) is 6.61 Å². The maximum absolute atomic E-state index is 9.78. The summed E-state index contributed by atoms with van der Waals surface area (Å²) in [6.07, 6.45) is 1.03. The van der Waals surface area contributed by atoms with Gasteiger partial charge in [-0.2, -0.15) is 0 Å². The van der Waals surface area contributed by atoms with Crippen LogP contribution in [0.1, 0.15) is 25.0 Å². The Morgan fingerprint density at radius 1 is 0.900 bits per heavy atom. The third kappa shape index (κ3) is 3.67. The molecule has 0 saturated heterocycles. The molecule has 3 nitrogen and oxygen atoms in total. The highest BCUT2D eigenvalue weighted by Gasteiger charge is 2.05. The van der Waals surface area contributed by atoms with Crippen LogP contribution in [0, 0.1) is 0 Å². The van der Waals surface area contributed by atoms with E-state index < -0.39 is 0 Å². The number of hydrogen-bond acceptors (Lipinski definition) is 3. The van der Waals surface area contributed by atoms with E-state index >= 15 is 0 Å². The zero-order chi connectivity index (χ0) is 14.4. The van der Waals surface area contributed by atoms with E-state index in [9.17, 15) is 5.11 Å². The number of aromatic hydroxyl groups is 1. The number of hydrogen-bond donors (Lipinski definition) is 1. The maximum Gasteiger partial charge on any atom is 0.165 e. The van der Waals surface area contributed by atoms with Crippen LogP contribution in [0.3, 0.4) is 0 Å². The summed E-state index contributed by atoms with van der Waals surface area (Å²) in [5, 5.41) is 9.78. The summed E-state index contributed by atoms with van der Waals surface area (Å²) in [6, 6.07) is 13.3. The fourth-order valence-corrected chi connectivity index (χ4v) is 1.90. The van der Waals surface area contributed by atoms with Crippen LogP contribution >= 0.6 is 0 Å². The highest BCUT2D eigenvalue weighted by atomic mass is 16.5. The zero-order valence-corrected chi connectivity index (χ0v) is 11.9. The summed E-state index contributed by atoms with van der Waals surface area (Å²) < 4.78 is 11.0. The van der Waals surface area contributed by atoms with Crippen LogP contribution in [0.25, 0.3) is 0 Å². The van der Waals surface area contributed by atoms with E-state index in [0.29, 0.717) is 24.7 Å². The lowest BCUT2D eigenvalue weighted by Gasteiger charge is -2.10. The third-order valence-corrected chi connectivity index (χ3v) is 3.07. The van der Waals surface area contributed by atoms with Crippen LogP contribution in [0.2, 0.25) is 0 Å². The molecule has 2 rings (SSSR count). The van der Waals surface area contributed by atoms with Gasteiger partial charge in [0.25, 0.3) is 0 Å². The predicted octanol–water partition coefficient (Wildman–Crippen LogP) is 3.93. The largest absolute Gasteiger partial charge is 0.504 e. The number of rotatable bonds is 6. The molecule has 0 saturated carbocycles. The fraction of sp³-hybridized carbons (Fsp3) is 0.294. The highest BCUT2D eigenvalue weighted by Crippen LogP contribution is 2.30. The minimum Gasteiger partial charge on any atom is -0.504 e. The molecule has 0 amide bonds. The first kappa shape index (κ1) is 14.3. The van der Waals surface area contributed by atoms with Crippen LogP contribution in [0.4, 0.5) is 0 Å². The van der Waals surface area contributed by atoms with Crippen molar-refractivity contribution in [3.63, 3.8) is 0 Å². The van der Waals surface area contributed by atoms with Gasteiger partial charge in [0, 0.05) is 6.07 Å². The van der Waals surface area contributed by atoms with Crippen molar-refractivity contribution >= 4 is 0 Å². The van der Waals surface area contributed by atoms with E-state index in [1.54, 1.807) is 18.2 Å². The van der Waals surface area contributed by atoms with Crippen molar-refractivity contribution in [2.45, 2.75) is 26.9 Å². The molecular formula is C17H20O3. The smallest absolute Gasteiger partial charge is 0.165 e. The molecule has 0 unspecified atom stereocenters. The van der Waals surface area contributed by atoms with Crippen molar-refractivity contribution in [3.05, 3.63) is 53.6 Å². The first-order valence-corrected chi connectivity index (χ1v) is 6.89. The molecule has 0 atom stereocenters. The van der Waals surface area contributed by atoms with E-state index in [0.717, 1.165) is 12.0 Å². The standard InChI is InChI=1S/C17H20O3/c1-3-13-5-7-14(8-6-13)12-20-17-11-15(19-4-2)9-10-16(17)18/h5-11,18H,3-4,12H2,1-2H3. The number of ether oxygens (including phenoxy) is 2. The van der Waals surface area contributed by atoms with Crippen molar-refractivity contribution in [3.8, 4) is 17.2 Å². The number of phenolic OH excluding ortho intramolecular Hbond substituents is 1. The third-order valence-electron chi connectivity index (χ3n) is 3.07. The van der Waals surface area contributed by atoms with Crippen molar-refractivity contribution in [1.29, 1.82) is 0 Å². The summed E-state index contributed by atoms with van der Waals surface area (Å²) in [7, 11) is 0. The van der Waals surface area contributed by atoms with Gasteiger partial charge in [0.1, 0.15) is 12.4 Å². The second kappa shape index (κ2) is 6.85. The summed E-state index contributed by atoms with van der Waals surface area (Å²) in [5.74, 6) is 1.26. The molecule has 2 aromatic rings. The van der Waals surface area contributed by atoms with Crippen LogP contribution in [0.15, 0.2) is 42.5 Å². The van der Waals surface area contributed by atoms with E-state index in [2.05, 4.69) is 19.1 Å². The summed E-state index contributed by atoms with van der Waals surface area (Å²) >= 11 is 0. The first-order chi connectivity index (χ1) is 9.72. The minimum atomic E-state index is 0.124. The van der Waals surface area contributed by atoms with Gasteiger partial charge in [-0.05, 0) is 36.6 Å². The quantitative estimate of drug-likeness (QED) is 0.865. The van der Waals surface area contributed by atoms with Gasteiger partial charge < -0.3 is 14.6 Å². The lowest BCUT2D eigenvalue weighted by molar-refractivity contribution is 0.283. The Balaban J connectivity index is 2.03. The molecule has 0 aliphatic carbocycles. The molecule has 1 N–H and O–H groups in total. The fourth-order valence-electron chi connectivity index (χ4n) is 1.90. The van der Waals surface area contributed by atoms with Gasteiger partial charge in [0.15, 0.2) is 11.5 Å². The van der Waals surface area contributed by atoms with Crippen LogP contribution < -0.4 is 9.47 Å². The monoisotopic (exact) mass is 272 g/mol. The van der Waals surface area contributed by atoms with Gasteiger partial charge in [-0.3, -0.25) is 0 Å². The van der Waals surface area contributed by atoms with Gasteiger partial charge in [0.2, 0.25) is 0 Å². The van der Waals surface area contributed by atoms with Crippen molar-refractivity contribution in [2.24, 2.45) is 0 Å². The molecule has 0 aliphatic rings. The van der Waals surface area contributed by atoms with Gasteiger partial charge >= 0.3 is 0 Å². The van der Waals surface area contributed by atoms with Crippen LogP contribution in [-0.2, 0) is 13.0 Å². The predicted molar refractivity (Wildman–Crippen MR) is 79.4 cm³/mol. The Morgan fingerprint density at radius 2 is 1.60 bits per heavy atom. The van der Waals surface area contributed by atoms with E-state index in [1.165, 1.54) is 5.56 Å². The van der Waals surface area contributed by atoms with E-state index in [4.69, 9.17) is 9.47 Å². The lowest BCUT2D eigenvalue weighted by Crippen LogP contribution is -1.97. The Labute approximate surface area is 119 Å². The molecule has 0 aromatic heterocycles. The number of aryl methyl sites for hydroxylation is 1. The molecule has 20 heavy (non-hydrogen) atoms. The average molecular weight is 272 g/mol. The van der Waals surface area contributed by atoms with Gasteiger partial charge in [-0.15, -0.1) is 0 Å². The molecule has 0 spiro atoms. The Morgan fingerprint density at radius 3 is 2.25 bits per heavy atom. The van der Waals surface area contributed by atoms with Crippen molar-refractivity contribution < 1.29 is 14.6 Å². The molecule has 0 aliphatic heterocycles. The van der Waals surface area contributed by atoms with Gasteiger partial charge in [-0.25, -0.2) is 0 Å². The second-order valence-corrected chi connectivity index (χ2v) is 4.52. The molecule has 2 aromatic carbocycles. The van der Waals surface area contributed by atoms with E-state index in [1.807, 2.05) is 19.1 Å².